The monoisotopic (exact) mass is 664 g/mol. The summed E-state index contributed by atoms with van der Waals surface area (Å²) in [6.07, 6.45) is 2.41. The van der Waals surface area contributed by atoms with Gasteiger partial charge in [0, 0.05) is 44.0 Å². The number of carbonyl (C=O) groups is 2. The zero-order valence-corrected chi connectivity index (χ0v) is 28.5. The lowest BCUT2D eigenvalue weighted by atomic mass is 9.97. The van der Waals surface area contributed by atoms with Crippen LogP contribution in [-0.4, -0.2) is 46.7 Å². The van der Waals surface area contributed by atoms with Gasteiger partial charge in [0.2, 0.25) is 5.91 Å². The second-order valence-electron chi connectivity index (χ2n) is 12.9. The van der Waals surface area contributed by atoms with Crippen LogP contribution in [0.4, 0.5) is 0 Å². The number of nitrogens with one attached hydrogen (secondary N) is 1. The molecule has 1 fully saturated rings. The molecular formula is C41H48N2O6. The number of aliphatic hydroxyl groups is 1. The van der Waals surface area contributed by atoms with Crippen molar-refractivity contribution in [1.29, 1.82) is 0 Å². The summed E-state index contributed by atoms with van der Waals surface area (Å²) in [4.78, 5) is 25.5. The summed E-state index contributed by atoms with van der Waals surface area (Å²) >= 11 is 0. The van der Waals surface area contributed by atoms with E-state index in [9.17, 15) is 14.7 Å². The van der Waals surface area contributed by atoms with Crippen molar-refractivity contribution in [3.63, 3.8) is 0 Å². The fourth-order valence-corrected chi connectivity index (χ4v) is 6.29. The molecule has 0 radical (unpaired) electrons. The van der Waals surface area contributed by atoms with E-state index in [0.717, 1.165) is 46.3 Å². The zero-order valence-electron chi connectivity index (χ0n) is 28.5. The second-order valence-corrected chi connectivity index (χ2v) is 12.9. The van der Waals surface area contributed by atoms with Gasteiger partial charge in [-0.2, -0.15) is 0 Å². The molecule has 49 heavy (non-hydrogen) atoms. The number of rotatable bonds is 16. The SMILES string of the molecule is CC(c1ccccc1)N(C)CC1CC(c2ccc(CO)cc2)OC(c2ccc(-c3ccccc3CNC(=O)CCCCCC(=O)O)cc2)O1. The average Bonchev–Trinajstić information content (AvgIpc) is 3.14. The first-order chi connectivity index (χ1) is 23.8. The molecule has 1 amide bonds. The number of carboxylic acids is 1. The Balaban J connectivity index is 1.27. The van der Waals surface area contributed by atoms with E-state index < -0.39 is 12.3 Å². The Kier molecular flexibility index (Phi) is 13.1. The maximum atomic E-state index is 12.5. The number of aliphatic hydroxyl groups excluding tert-OH is 1. The molecule has 258 valence electrons. The fraction of sp³-hybridized carbons (Fsp3) is 0.366. The van der Waals surface area contributed by atoms with Crippen molar-refractivity contribution >= 4 is 11.9 Å². The molecule has 0 spiro atoms. The smallest absolute Gasteiger partial charge is 0.303 e. The summed E-state index contributed by atoms with van der Waals surface area (Å²) in [6, 6.07) is 35.0. The molecule has 8 nitrogen and oxygen atoms in total. The molecule has 0 bridgehead atoms. The van der Waals surface area contributed by atoms with Gasteiger partial charge in [0.25, 0.3) is 0 Å². The largest absolute Gasteiger partial charge is 0.481 e. The van der Waals surface area contributed by atoms with Gasteiger partial charge in [-0.15, -0.1) is 0 Å². The van der Waals surface area contributed by atoms with Gasteiger partial charge >= 0.3 is 5.97 Å². The topological polar surface area (TPSA) is 108 Å². The molecule has 1 heterocycles. The van der Waals surface area contributed by atoms with E-state index in [0.29, 0.717) is 32.2 Å². The highest BCUT2D eigenvalue weighted by molar-refractivity contribution is 5.76. The van der Waals surface area contributed by atoms with Crippen LogP contribution in [0, 0.1) is 0 Å². The van der Waals surface area contributed by atoms with E-state index in [4.69, 9.17) is 14.6 Å². The van der Waals surface area contributed by atoms with Gasteiger partial charge < -0.3 is 25.0 Å². The second kappa shape index (κ2) is 17.9. The summed E-state index contributed by atoms with van der Waals surface area (Å²) in [7, 11) is 2.13. The van der Waals surface area contributed by atoms with Crippen LogP contribution in [0.3, 0.4) is 0 Å². The van der Waals surface area contributed by atoms with Crippen LogP contribution in [0.2, 0.25) is 0 Å². The normalized spacial score (nSPS) is 18.2. The van der Waals surface area contributed by atoms with Crippen molar-refractivity contribution < 1.29 is 29.3 Å². The maximum Gasteiger partial charge on any atom is 0.303 e. The van der Waals surface area contributed by atoms with E-state index in [1.807, 2.05) is 48.5 Å². The van der Waals surface area contributed by atoms with Crippen LogP contribution >= 0.6 is 0 Å². The predicted molar refractivity (Wildman–Crippen MR) is 190 cm³/mol. The molecule has 0 saturated carbocycles. The van der Waals surface area contributed by atoms with E-state index in [-0.39, 0.29) is 37.2 Å². The first kappa shape index (κ1) is 36.0. The summed E-state index contributed by atoms with van der Waals surface area (Å²) < 4.78 is 13.2. The Morgan fingerprint density at radius 1 is 0.837 bits per heavy atom. The lowest BCUT2D eigenvalue weighted by Gasteiger charge is -2.39. The number of carboxylic acid groups (broad SMARTS) is 1. The van der Waals surface area contributed by atoms with Gasteiger partial charge in [0.1, 0.15) is 0 Å². The molecule has 5 rings (SSSR count). The van der Waals surface area contributed by atoms with Crippen LogP contribution < -0.4 is 5.32 Å². The van der Waals surface area contributed by atoms with Crippen molar-refractivity contribution in [2.75, 3.05) is 13.6 Å². The molecule has 1 saturated heterocycles. The number of unbranched alkanes of at least 4 members (excludes halogenated alkanes) is 2. The van der Waals surface area contributed by atoms with Gasteiger partial charge in [0.05, 0.1) is 18.8 Å². The summed E-state index contributed by atoms with van der Waals surface area (Å²) in [6.45, 7) is 3.36. The first-order valence-electron chi connectivity index (χ1n) is 17.2. The molecule has 0 aliphatic carbocycles. The summed E-state index contributed by atoms with van der Waals surface area (Å²) in [5.74, 6) is -0.838. The van der Waals surface area contributed by atoms with Crippen LogP contribution in [-0.2, 0) is 32.2 Å². The van der Waals surface area contributed by atoms with Crippen LogP contribution in [0.25, 0.3) is 11.1 Å². The van der Waals surface area contributed by atoms with E-state index in [1.54, 1.807) is 0 Å². The van der Waals surface area contributed by atoms with Crippen molar-refractivity contribution in [2.45, 2.75) is 83.1 Å². The van der Waals surface area contributed by atoms with Gasteiger partial charge in [-0.25, -0.2) is 0 Å². The number of hydrogen-bond donors (Lipinski definition) is 3. The van der Waals surface area contributed by atoms with Gasteiger partial charge in [-0.3, -0.25) is 14.5 Å². The molecule has 8 heteroatoms. The van der Waals surface area contributed by atoms with Crippen LogP contribution in [0.1, 0.15) is 91.7 Å². The average molecular weight is 665 g/mol. The minimum Gasteiger partial charge on any atom is -0.481 e. The summed E-state index contributed by atoms with van der Waals surface area (Å²) in [5.41, 5.74) is 7.19. The van der Waals surface area contributed by atoms with Gasteiger partial charge in [-0.1, -0.05) is 110 Å². The lowest BCUT2D eigenvalue weighted by Crippen LogP contribution is -2.38. The number of carbonyl (C=O) groups excluding carboxylic acids is 1. The third-order valence-electron chi connectivity index (χ3n) is 9.33. The molecular weight excluding hydrogens is 616 g/mol. The molecule has 4 atom stereocenters. The minimum atomic E-state index is -0.802. The predicted octanol–water partition coefficient (Wildman–Crippen LogP) is 7.74. The van der Waals surface area contributed by atoms with Gasteiger partial charge in [0.15, 0.2) is 6.29 Å². The number of hydrogen-bond acceptors (Lipinski definition) is 6. The molecule has 4 aromatic rings. The third kappa shape index (κ3) is 10.3. The number of ether oxygens (including phenoxy) is 2. The Bertz CT molecular complexity index is 1630. The van der Waals surface area contributed by atoms with Crippen LogP contribution in [0.15, 0.2) is 103 Å². The number of amides is 1. The quantitative estimate of drug-likeness (QED) is 0.105. The highest BCUT2D eigenvalue weighted by Crippen LogP contribution is 2.39. The summed E-state index contributed by atoms with van der Waals surface area (Å²) in [5, 5.41) is 21.4. The minimum absolute atomic E-state index is 0.000361. The number of benzene rings is 4. The van der Waals surface area contributed by atoms with Crippen molar-refractivity contribution in [3.8, 4) is 11.1 Å². The Morgan fingerprint density at radius 2 is 1.51 bits per heavy atom. The Labute approximate surface area is 289 Å². The van der Waals surface area contributed by atoms with Crippen LogP contribution in [0.5, 0.6) is 0 Å². The van der Waals surface area contributed by atoms with E-state index >= 15 is 0 Å². The molecule has 1 aliphatic heterocycles. The number of aliphatic carboxylic acids is 1. The number of nitrogens with zero attached hydrogens (tertiary/aromatic N) is 1. The zero-order chi connectivity index (χ0) is 34.6. The van der Waals surface area contributed by atoms with E-state index in [1.165, 1.54) is 5.56 Å². The molecule has 0 aromatic heterocycles. The third-order valence-corrected chi connectivity index (χ3v) is 9.33. The Hall–Kier alpha value is -4.34. The lowest BCUT2D eigenvalue weighted by molar-refractivity contribution is -0.253. The van der Waals surface area contributed by atoms with Crippen molar-refractivity contribution in [1.82, 2.24) is 10.2 Å². The molecule has 1 aliphatic rings. The Morgan fingerprint density at radius 3 is 2.22 bits per heavy atom. The molecule has 4 unspecified atom stereocenters. The maximum absolute atomic E-state index is 12.5. The highest BCUT2D eigenvalue weighted by atomic mass is 16.7. The van der Waals surface area contributed by atoms with E-state index in [2.05, 4.69) is 78.8 Å². The van der Waals surface area contributed by atoms with Gasteiger partial charge in [-0.05, 0) is 60.2 Å². The highest BCUT2D eigenvalue weighted by Gasteiger charge is 2.33. The van der Waals surface area contributed by atoms with Crippen molar-refractivity contribution in [3.05, 3.63) is 131 Å². The molecule has 4 aromatic carbocycles. The standard InChI is InChI=1S/C41H48N2O6/c1-29(31-11-5-3-6-12-31)43(2)27-36-25-38(33-19-17-30(28-44)18-20-33)49-41(48-36)34-23-21-32(22-24-34)37-14-10-9-13-35(37)26-42-39(45)15-7-4-8-16-40(46)47/h3,5-6,9-14,17-24,29,36,38,41,44H,4,7-8,15-16,25-28H2,1-2H3,(H,42,45)(H,46,47). The van der Waals surface area contributed by atoms with Crippen molar-refractivity contribution in [2.24, 2.45) is 0 Å². The fourth-order valence-electron chi connectivity index (χ4n) is 6.29. The first-order valence-corrected chi connectivity index (χ1v) is 17.2. The molecule has 3 N–H and O–H groups in total. The number of likely N-dealkylation sites (N-methyl/N-ethyl adjacent to an activating group) is 1.